The van der Waals surface area contributed by atoms with Crippen LogP contribution < -0.4 is 14.8 Å². The number of nitrogens with zero attached hydrogens (tertiary/aromatic N) is 4. The summed E-state index contributed by atoms with van der Waals surface area (Å²) >= 11 is 0. The number of carbonyl (C=O) groups is 1. The standard InChI is InChI=1S/C17H22N6O3/c1-4-12-8-6-7-9-15(12)26-11-13-14(20-17(24)23(3)22-18)10-19-21-16(13)25-5-2/h6-10,18H,4-5,11H2,1-3H3,(H,20,21,24). The highest BCUT2D eigenvalue weighted by atomic mass is 16.5. The van der Waals surface area contributed by atoms with Gasteiger partial charge in [0.2, 0.25) is 5.88 Å². The molecule has 0 radical (unpaired) electrons. The minimum Gasteiger partial charge on any atom is -0.488 e. The number of anilines is 1. The molecule has 2 N–H and O–H groups in total. The Morgan fingerprint density at radius 3 is 2.77 bits per heavy atom. The minimum atomic E-state index is -0.578. The largest absolute Gasteiger partial charge is 0.488 e. The van der Waals surface area contributed by atoms with Crippen LogP contribution in [0.3, 0.4) is 0 Å². The van der Waals surface area contributed by atoms with Gasteiger partial charge in [-0.2, -0.15) is 15.6 Å². The zero-order chi connectivity index (χ0) is 18.9. The third kappa shape index (κ3) is 4.65. The molecule has 9 heteroatoms. The van der Waals surface area contributed by atoms with E-state index in [1.54, 1.807) is 0 Å². The lowest BCUT2D eigenvalue weighted by molar-refractivity contribution is 0.220. The van der Waals surface area contributed by atoms with Gasteiger partial charge in [-0.3, -0.25) is 0 Å². The third-order valence-corrected chi connectivity index (χ3v) is 3.61. The Morgan fingerprint density at radius 1 is 1.31 bits per heavy atom. The molecule has 0 bridgehead atoms. The number of hydrogen-bond donors (Lipinski definition) is 2. The van der Waals surface area contributed by atoms with Crippen molar-refractivity contribution in [2.45, 2.75) is 26.9 Å². The van der Waals surface area contributed by atoms with E-state index in [0.29, 0.717) is 17.9 Å². The van der Waals surface area contributed by atoms with E-state index < -0.39 is 6.03 Å². The van der Waals surface area contributed by atoms with Crippen LogP contribution in [-0.2, 0) is 13.0 Å². The lowest BCUT2D eigenvalue weighted by atomic mass is 10.1. The van der Waals surface area contributed by atoms with E-state index >= 15 is 0 Å². The minimum absolute atomic E-state index is 0.138. The van der Waals surface area contributed by atoms with Crippen LogP contribution in [0.5, 0.6) is 11.6 Å². The zero-order valence-electron chi connectivity index (χ0n) is 15.0. The van der Waals surface area contributed by atoms with Crippen molar-refractivity contribution in [2.75, 3.05) is 19.0 Å². The number of nitrogens with one attached hydrogen (secondary N) is 2. The average molecular weight is 358 g/mol. The first-order chi connectivity index (χ1) is 12.6. The fourth-order valence-electron chi connectivity index (χ4n) is 2.22. The van der Waals surface area contributed by atoms with E-state index in [-0.39, 0.29) is 12.5 Å². The van der Waals surface area contributed by atoms with Crippen LogP contribution in [0.2, 0.25) is 0 Å². The predicted octanol–water partition coefficient (Wildman–Crippen LogP) is 3.43. The van der Waals surface area contributed by atoms with Crippen molar-refractivity contribution in [3.05, 3.63) is 41.6 Å². The van der Waals surface area contributed by atoms with Crippen LogP contribution in [-0.4, -0.2) is 34.9 Å². The van der Waals surface area contributed by atoms with Crippen LogP contribution in [0.1, 0.15) is 25.0 Å². The normalized spacial score (nSPS) is 10.1. The number of rotatable bonds is 8. The Hall–Kier alpha value is -3.23. The Morgan fingerprint density at radius 2 is 2.08 bits per heavy atom. The van der Waals surface area contributed by atoms with Gasteiger partial charge in [-0.1, -0.05) is 30.3 Å². The van der Waals surface area contributed by atoms with Crippen LogP contribution in [0.4, 0.5) is 10.5 Å². The Labute approximate surface area is 151 Å². The maximum atomic E-state index is 12.0. The highest BCUT2D eigenvalue weighted by molar-refractivity contribution is 5.89. The summed E-state index contributed by atoms with van der Waals surface area (Å²) in [5.41, 5.74) is 8.93. The lowest BCUT2D eigenvalue weighted by Crippen LogP contribution is -2.27. The summed E-state index contributed by atoms with van der Waals surface area (Å²) in [5, 5.41) is 14.4. The van der Waals surface area contributed by atoms with E-state index in [0.717, 1.165) is 22.7 Å². The van der Waals surface area contributed by atoms with Crippen molar-refractivity contribution < 1.29 is 14.3 Å². The van der Waals surface area contributed by atoms with Crippen molar-refractivity contribution in [3.8, 4) is 11.6 Å². The molecule has 1 aromatic carbocycles. The van der Waals surface area contributed by atoms with Gasteiger partial charge in [-0.05, 0) is 25.0 Å². The van der Waals surface area contributed by atoms with Crippen LogP contribution >= 0.6 is 0 Å². The number of para-hydroxylation sites is 1. The number of aryl methyl sites for hydroxylation is 1. The number of urea groups is 1. The molecule has 0 atom stereocenters. The van der Waals surface area contributed by atoms with Crippen molar-refractivity contribution in [3.63, 3.8) is 0 Å². The van der Waals surface area contributed by atoms with Crippen molar-refractivity contribution in [2.24, 2.45) is 5.22 Å². The quantitative estimate of drug-likeness (QED) is 0.554. The van der Waals surface area contributed by atoms with Gasteiger partial charge >= 0.3 is 6.03 Å². The smallest absolute Gasteiger partial charge is 0.343 e. The summed E-state index contributed by atoms with van der Waals surface area (Å²) in [6.07, 6.45) is 2.24. The molecule has 2 aromatic rings. The molecule has 0 aliphatic rings. The van der Waals surface area contributed by atoms with Crippen LogP contribution in [0, 0.1) is 5.53 Å². The molecular formula is C17H22N6O3. The average Bonchev–Trinajstić information content (AvgIpc) is 2.67. The maximum absolute atomic E-state index is 12.0. The first-order valence-corrected chi connectivity index (χ1v) is 8.20. The van der Waals surface area contributed by atoms with Gasteiger partial charge in [0.05, 0.1) is 24.1 Å². The molecule has 0 fully saturated rings. The summed E-state index contributed by atoms with van der Waals surface area (Å²) < 4.78 is 11.4. The summed E-state index contributed by atoms with van der Waals surface area (Å²) in [6.45, 7) is 4.41. The SMILES string of the molecule is CCOc1nncc(NC(=O)N(C)N=N)c1COc1ccccc1CC. The number of benzene rings is 1. The molecule has 0 saturated heterocycles. The van der Waals surface area contributed by atoms with Gasteiger partial charge in [0.15, 0.2) is 0 Å². The Balaban J connectivity index is 2.28. The van der Waals surface area contributed by atoms with Crippen molar-refractivity contribution in [1.82, 2.24) is 15.2 Å². The molecular weight excluding hydrogens is 336 g/mol. The van der Waals surface area contributed by atoms with E-state index in [9.17, 15) is 4.79 Å². The Kier molecular flexibility index (Phi) is 6.84. The molecule has 0 unspecified atom stereocenters. The first kappa shape index (κ1) is 19.1. The number of carbonyl (C=O) groups excluding carboxylic acids is 1. The van der Waals surface area contributed by atoms with E-state index in [1.165, 1.54) is 13.2 Å². The summed E-state index contributed by atoms with van der Waals surface area (Å²) in [7, 11) is 1.37. The van der Waals surface area contributed by atoms with Gasteiger partial charge in [0.1, 0.15) is 12.4 Å². The molecule has 2 rings (SSSR count). The molecule has 0 spiro atoms. The molecule has 138 valence electrons. The van der Waals surface area contributed by atoms with E-state index in [2.05, 4.69) is 20.7 Å². The van der Waals surface area contributed by atoms with E-state index in [4.69, 9.17) is 15.0 Å². The van der Waals surface area contributed by atoms with Gasteiger partial charge in [-0.15, -0.1) is 5.10 Å². The number of aromatic nitrogens is 2. The second-order valence-corrected chi connectivity index (χ2v) is 5.28. The highest BCUT2D eigenvalue weighted by Crippen LogP contribution is 2.27. The highest BCUT2D eigenvalue weighted by Gasteiger charge is 2.17. The molecule has 2 amide bonds. The number of ether oxygens (including phenoxy) is 2. The Bertz CT molecular complexity index is 768. The van der Waals surface area contributed by atoms with Crippen molar-refractivity contribution in [1.29, 1.82) is 5.53 Å². The first-order valence-electron chi connectivity index (χ1n) is 8.20. The molecule has 26 heavy (non-hydrogen) atoms. The van der Waals surface area contributed by atoms with Gasteiger partial charge in [0, 0.05) is 7.05 Å². The molecule has 1 heterocycles. The lowest BCUT2D eigenvalue weighted by Gasteiger charge is -2.17. The number of amides is 2. The van der Waals surface area contributed by atoms with Gasteiger partial charge in [-0.25, -0.2) is 4.79 Å². The van der Waals surface area contributed by atoms with Crippen LogP contribution in [0.15, 0.2) is 35.7 Å². The fourth-order valence-corrected chi connectivity index (χ4v) is 2.22. The van der Waals surface area contributed by atoms with Gasteiger partial charge in [0.25, 0.3) is 0 Å². The molecule has 9 nitrogen and oxygen atoms in total. The molecule has 0 saturated carbocycles. The second kappa shape index (κ2) is 9.30. The van der Waals surface area contributed by atoms with Crippen molar-refractivity contribution >= 4 is 11.7 Å². The van der Waals surface area contributed by atoms with Crippen LogP contribution in [0.25, 0.3) is 0 Å². The topological polar surface area (TPSA) is 113 Å². The van der Waals surface area contributed by atoms with Gasteiger partial charge < -0.3 is 14.8 Å². The predicted molar refractivity (Wildman–Crippen MR) is 95.3 cm³/mol. The third-order valence-electron chi connectivity index (χ3n) is 3.61. The summed E-state index contributed by atoms with van der Waals surface area (Å²) in [4.78, 5) is 12.0. The second-order valence-electron chi connectivity index (χ2n) is 5.28. The summed E-state index contributed by atoms with van der Waals surface area (Å²) in [6, 6.07) is 7.16. The molecule has 0 aliphatic carbocycles. The fraction of sp³-hybridized carbons (Fsp3) is 0.353. The summed E-state index contributed by atoms with van der Waals surface area (Å²) in [5.74, 6) is 1.04. The monoisotopic (exact) mass is 358 g/mol. The number of hydrogen-bond acceptors (Lipinski definition) is 7. The zero-order valence-corrected chi connectivity index (χ0v) is 15.0. The maximum Gasteiger partial charge on any atom is 0.343 e. The molecule has 0 aliphatic heterocycles. The molecule has 1 aromatic heterocycles. The van der Waals surface area contributed by atoms with E-state index in [1.807, 2.05) is 38.1 Å².